The van der Waals surface area contributed by atoms with Crippen LogP contribution >= 0.6 is 34.2 Å². The number of carbonyl (C=O) groups is 1. The fourth-order valence-electron chi connectivity index (χ4n) is 1.73. The molecule has 2 aromatic rings. The lowest BCUT2D eigenvalue weighted by Gasteiger charge is -2.08. The summed E-state index contributed by atoms with van der Waals surface area (Å²) < 4.78 is 1.17. The second-order valence-electron chi connectivity index (χ2n) is 4.40. The van der Waals surface area contributed by atoms with E-state index in [1.165, 1.54) is 3.57 Å². The van der Waals surface area contributed by atoms with Crippen LogP contribution < -0.4 is 5.32 Å². The predicted octanol–water partition coefficient (Wildman–Crippen LogP) is 4.81. The summed E-state index contributed by atoms with van der Waals surface area (Å²) >= 11 is 8.35. The Labute approximate surface area is 131 Å². The number of benzene rings is 2. The molecule has 0 aliphatic carbocycles. The molecule has 0 heterocycles. The molecule has 0 unspecified atom stereocenters. The highest BCUT2D eigenvalue weighted by Crippen LogP contribution is 2.21. The number of anilines is 1. The van der Waals surface area contributed by atoms with E-state index in [1.54, 1.807) is 12.1 Å². The van der Waals surface area contributed by atoms with Crippen LogP contribution in [0.5, 0.6) is 0 Å². The molecule has 2 aromatic carbocycles. The zero-order valence-electron chi connectivity index (χ0n) is 10.6. The number of carbonyl (C=O) groups excluding carboxylic acids is 1. The van der Waals surface area contributed by atoms with Crippen LogP contribution in [0.2, 0.25) is 5.02 Å². The van der Waals surface area contributed by atoms with Crippen LogP contribution in [0, 0.1) is 17.4 Å². The van der Waals surface area contributed by atoms with Crippen molar-refractivity contribution < 1.29 is 4.79 Å². The minimum Gasteiger partial charge on any atom is -0.322 e. The van der Waals surface area contributed by atoms with Gasteiger partial charge in [-0.25, -0.2) is 0 Å². The van der Waals surface area contributed by atoms with E-state index in [-0.39, 0.29) is 5.91 Å². The minimum atomic E-state index is -0.189. The van der Waals surface area contributed by atoms with E-state index in [0.29, 0.717) is 10.6 Å². The molecule has 2 rings (SSSR count). The first-order valence-electron chi connectivity index (χ1n) is 5.81. The number of hydrogen-bond donors (Lipinski definition) is 1. The monoisotopic (exact) mass is 385 g/mol. The Balaban J connectivity index is 2.23. The topological polar surface area (TPSA) is 29.1 Å². The van der Waals surface area contributed by atoms with Crippen molar-refractivity contribution in [3.05, 3.63) is 61.7 Å². The summed E-state index contributed by atoms with van der Waals surface area (Å²) in [7, 11) is 0. The highest BCUT2D eigenvalue weighted by molar-refractivity contribution is 14.1. The molecule has 0 aliphatic rings. The fourth-order valence-corrected chi connectivity index (χ4v) is 2.38. The summed E-state index contributed by atoms with van der Waals surface area (Å²) in [5.74, 6) is -0.189. The normalized spacial score (nSPS) is 10.3. The number of hydrogen-bond acceptors (Lipinski definition) is 1. The number of amides is 1. The zero-order chi connectivity index (χ0) is 14.0. The van der Waals surface area contributed by atoms with Gasteiger partial charge < -0.3 is 5.32 Å². The Hall–Kier alpha value is -1.07. The van der Waals surface area contributed by atoms with Crippen molar-refractivity contribution in [1.29, 1.82) is 0 Å². The Morgan fingerprint density at radius 3 is 2.53 bits per heavy atom. The third-order valence-electron chi connectivity index (χ3n) is 2.79. The maximum Gasteiger partial charge on any atom is 0.257 e. The van der Waals surface area contributed by atoms with Crippen LogP contribution in [0.1, 0.15) is 21.5 Å². The van der Waals surface area contributed by atoms with Crippen molar-refractivity contribution in [3.63, 3.8) is 0 Å². The SMILES string of the molecule is Cc1ccc(C(=O)Nc2ccc(I)c(C)c2)c(Cl)c1. The summed E-state index contributed by atoms with van der Waals surface area (Å²) in [4.78, 5) is 12.1. The van der Waals surface area contributed by atoms with Crippen LogP contribution in [0.25, 0.3) is 0 Å². The molecule has 1 N–H and O–H groups in total. The molecule has 0 spiro atoms. The third-order valence-corrected chi connectivity index (χ3v) is 4.31. The molecule has 98 valence electrons. The smallest absolute Gasteiger partial charge is 0.257 e. The molecular formula is C15H13ClINO. The van der Waals surface area contributed by atoms with Gasteiger partial charge in [-0.05, 0) is 77.9 Å². The van der Waals surface area contributed by atoms with E-state index < -0.39 is 0 Å². The van der Waals surface area contributed by atoms with Gasteiger partial charge in [-0.2, -0.15) is 0 Å². The second-order valence-corrected chi connectivity index (χ2v) is 5.97. The van der Waals surface area contributed by atoms with Crippen molar-refractivity contribution >= 4 is 45.8 Å². The van der Waals surface area contributed by atoms with Gasteiger partial charge in [0.15, 0.2) is 0 Å². The zero-order valence-corrected chi connectivity index (χ0v) is 13.5. The van der Waals surface area contributed by atoms with Gasteiger partial charge in [0.25, 0.3) is 5.91 Å². The molecule has 0 aliphatic heterocycles. The summed E-state index contributed by atoms with van der Waals surface area (Å²) in [5.41, 5.74) is 3.43. The molecule has 2 nitrogen and oxygen atoms in total. The van der Waals surface area contributed by atoms with Gasteiger partial charge in [-0.1, -0.05) is 17.7 Å². The highest BCUT2D eigenvalue weighted by atomic mass is 127. The van der Waals surface area contributed by atoms with Crippen LogP contribution in [-0.2, 0) is 0 Å². The fraction of sp³-hybridized carbons (Fsp3) is 0.133. The highest BCUT2D eigenvalue weighted by Gasteiger charge is 2.10. The standard InChI is InChI=1S/C15H13ClINO/c1-9-3-5-12(13(16)7-9)15(19)18-11-4-6-14(17)10(2)8-11/h3-8H,1-2H3,(H,18,19). The number of rotatable bonds is 2. The summed E-state index contributed by atoms with van der Waals surface area (Å²) in [6.07, 6.45) is 0. The molecule has 0 saturated heterocycles. The van der Waals surface area contributed by atoms with E-state index in [4.69, 9.17) is 11.6 Å². The van der Waals surface area contributed by atoms with Gasteiger partial charge in [-0.3, -0.25) is 4.79 Å². The number of halogens is 2. The van der Waals surface area contributed by atoms with Gasteiger partial charge in [0.1, 0.15) is 0 Å². The van der Waals surface area contributed by atoms with Crippen molar-refractivity contribution in [2.75, 3.05) is 5.32 Å². The van der Waals surface area contributed by atoms with Gasteiger partial charge >= 0.3 is 0 Å². The van der Waals surface area contributed by atoms with Crippen LogP contribution in [-0.4, -0.2) is 5.91 Å². The van der Waals surface area contributed by atoms with Crippen molar-refractivity contribution in [2.24, 2.45) is 0 Å². The summed E-state index contributed by atoms with van der Waals surface area (Å²) in [5, 5.41) is 3.33. The van der Waals surface area contributed by atoms with E-state index in [2.05, 4.69) is 27.9 Å². The first-order valence-corrected chi connectivity index (χ1v) is 7.26. The minimum absolute atomic E-state index is 0.189. The largest absolute Gasteiger partial charge is 0.322 e. The average molecular weight is 386 g/mol. The summed E-state index contributed by atoms with van der Waals surface area (Å²) in [6.45, 7) is 3.95. The molecule has 4 heteroatoms. The van der Waals surface area contributed by atoms with Gasteiger partial charge in [-0.15, -0.1) is 0 Å². The lowest BCUT2D eigenvalue weighted by atomic mass is 10.1. The lowest BCUT2D eigenvalue weighted by Crippen LogP contribution is -2.12. The molecule has 0 fully saturated rings. The number of nitrogens with one attached hydrogen (secondary N) is 1. The third kappa shape index (κ3) is 3.48. The van der Waals surface area contributed by atoms with E-state index >= 15 is 0 Å². The van der Waals surface area contributed by atoms with E-state index in [0.717, 1.165) is 16.8 Å². The van der Waals surface area contributed by atoms with Crippen molar-refractivity contribution in [3.8, 4) is 0 Å². The quantitative estimate of drug-likeness (QED) is 0.738. The second kappa shape index (κ2) is 5.92. The molecular weight excluding hydrogens is 373 g/mol. The molecule has 19 heavy (non-hydrogen) atoms. The Morgan fingerprint density at radius 1 is 1.16 bits per heavy atom. The Morgan fingerprint density at radius 2 is 1.89 bits per heavy atom. The van der Waals surface area contributed by atoms with Gasteiger partial charge in [0, 0.05) is 9.26 Å². The maximum absolute atomic E-state index is 12.1. The number of aryl methyl sites for hydroxylation is 2. The van der Waals surface area contributed by atoms with E-state index in [1.807, 2.05) is 38.1 Å². The molecule has 0 radical (unpaired) electrons. The average Bonchev–Trinajstić information content (AvgIpc) is 2.33. The van der Waals surface area contributed by atoms with Crippen LogP contribution in [0.4, 0.5) is 5.69 Å². The van der Waals surface area contributed by atoms with Crippen molar-refractivity contribution in [1.82, 2.24) is 0 Å². The Kier molecular flexibility index (Phi) is 4.47. The van der Waals surface area contributed by atoms with Gasteiger partial charge in [0.05, 0.1) is 10.6 Å². The Bertz CT molecular complexity index is 640. The first-order chi connectivity index (χ1) is 8.97. The molecule has 0 aromatic heterocycles. The van der Waals surface area contributed by atoms with Gasteiger partial charge in [0.2, 0.25) is 0 Å². The van der Waals surface area contributed by atoms with Crippen LogP contribution in [0.3, 0.4) is 0 Å². The molecule has 1 amide bonds. The molecule has 0 bridgehead atoms. The molecule has 0 saturated carbocycles. The van der Waals surface area contributed by atoms with Crippen LogP contribution in [0.15, 0.2) is 36.4 Å². The first kappa shape index (κ1) is 14.3. The lowest BCUT2D eigenvalue weighted by molar-refractivity contribution is 0.102. The maximum atomic E-state index is 12.1. The summed E-state index contributed by atoms with van der Waals surface area (Å²) in [6, 6.07) is 11.2. The predicted molar refractivity (Wildman–Crippen MR) is 88.0 cm³/mol. The van der Waals surface area contributed by atoms with E-state index in [9.17, 15) is 4.79 Å². The van der Waals surface area contributed by atoms with Crippen molar-refractivity contribution in [2.45, 2.75) is 13.8 Å². The molecule has 0 atom stereocenters.